The van der Waals surface area contributed by atoms with E-state index in [0.717, 1.165) is 17.9 Å². The largest absolute Gasteiger partial charge is 0.316 e. The average Bonchev–Trinajstić information content (AvgIpc) is 2.75. The van der Waals surface area contributed by atoms with Crippen molar-refractivity contribution in [2.75, 3.05) is 45.8 Å². The van der Waals surface area contributed by atoms with Crippen LogP contribution in [-0.4, -0.2) is 61.7 Å². The van der Waals surface area contributed by atoms with Gasteiger partial charge in [0.15, 0.2) is 0 Å². The van der Waals surface area contributed by atoms with Crippen LogP contribution in [0.3, 0.4) is 0 Å². The smallest absolute Gasteiger partial charge is 0.0113 e. The van der Waals surface area contributed by atoms with Crippen LogP contribution in [0.15, 0.2) is 0 Å². The van der Waals surface area contributed by atoms with Crippen molar-refractivity contribution >= 4 is 0 Å². The van der Waals surface area contributed by atoms with Crippen LogP contribution in [0.4, 0.5) is 0 Å². The van der Waals surface area contributed by atoms with Crippen LogP contribution >= 0.6 is 0 Å². The van der Waals surface area contributed by atoms with Gasteiger partial charge in [-0.05, 0) is 38.3 Å². The third kappa shape index (κ3) is 3.43. The molecule has 100 valence electrons. The molecule has 2 rings (SSSR count). The fraction of sp³-hybridized carbons (Fsp3) is 1.00. The lowest BCUT2D eigenvalue weighted by atomic mass is 9.97. The quantitative estimate of drug-likeness (QED) is 0.797. The van der Waals surface area contributed by atoms with Crippen LogP contribution in [0.2, 0.25) is 0 Å². The molecule has 3 unspecified atom stereocenters. The molecule has 2 aliphatic rings. The molecule has 17 heavy (non-hydrogen) atoms. The van der Waals surface area contributed by atoms with E-state index in [2.05, 4.69) is 35.9 Å². The molecule has 0 spiro atoms. The lowest BCUT2D eigenvalue weighted by molar-refractivity contribution is 0.0878. The Kier molecular flexibility index (Phi) is 4.83. The Hall–Kier alpha value is -0.120. The Morgan fingerprint density at radius 2 is 1.88 bits per heavy atom. The molecule has 0 radical (unpaired) electrons. The molecule has 3 nitrogen and oxygen atoms in total. The zero-order valence-electron chi connectivity index (χ0n) is 11.8. The number of hydrogen-bond acceptors (Lipinski definition) is 3. The van der Waals surface area contributed by atoms with Gasteiger partial charge in [-0.1, -0.05) is 13.8 Å². The van der Waals surface area contributed by atoms with Crippen molar-refractivity contribution < 1.29 is 0 Å². The predicted octanol–water partition coefficient (Wildman–Crippen LogP) is 1.26. The summed E-state index contributed by atoms with van der Waals surface area (Å²) < 4.78 is 0. The first-order valence-corrected chi connectivity index (χ1v) is 7.37. The summed E-state index contributed by atoms with van der Waals surface area (Å²) in [5.74, 6) is 1.74. The highest BCUT2D eigenvalue weighted by Crippen LogP contribution is 2.18. The molecule has 0 aliphatic carbocycles. The van der Waals surface area contributed by atoms with Gasteiger partial charge in [0, 0.05) is 38.8 Å². The molecular weight excluding hydrogens is 210 g/mol. The SMILES string of the molecule is CCC(C)N1CCN(CC2CNCC2C)CC1. The van der Waals surface area contributed by atoms with Gasteiger partial charge in [-0.15, -0.1) is 0 Å². The minimum Gasteiger partial charge on any atom is -0.316 e. The number of rotatable bonds is 4. The first-order chi connectivity index (χ1) is 8.20. The lowest BCUT2D eigenvalue weighted by Gasteiger charge is -2.39. The van der Waals surface area contributed by atoms with Crippen LogP contribution in [0, 0.1) is 11.8 Å². The van der Waals surface area contributed by atoms with Gasteiger partial charge in [0.1, 0.15) is 0 Å². The van der Waals surface area contributed by atoms with E-state index in [0.29, 0.717) is 0 Å². The molecule has 2 aliphatic heterocycles. The molecule has 2 heterocycles. The second-order valence-electron chi connectivity index (χ2n) is 5.99. The molecule has 0 amide bonds. The van der Waals surface area contributed by atoms with Gasteiger partial charge in [0.05, 0.1) is 0 Å². The van der Waals surface area contributed by atoms with Crippen LogP contribution in [-0.2, 0) is 0 Å². The van der Waals surface area contributed by atoms with E-state index in [4.69, 9.17) is 0 Å². The average molecular weight is 239 g/mol. The van der Waals surface area contributed by atoms with E-state index < -0.39 is 0 Å². The fourth-order valence-electron chi connectivity index (χ4n) is 3.09. The summed E-state index contributed by atoms with van der Waals surface area (Å²) in [7, 11) is 0. The normalized spacial score (nSPS) is 34.1. The van der Waals surface area contributed by atoms with E-state index in [1.165, 1.54) is 52.2 Å². The third-order valence-corrected chi connectivity index (χ3v) is 4.79. The molecule has 0 bridgehead atoms. The van der Waals surface area contributed by atoms with Crippen LogP contribution in [0.1, 0.15) is 27.2 Å². The molecule has 3 heteroatoms. The first kappa shape index (κ1) is 13.3. The maximum Gasteiger partial charge on any atom is 0.0113 e. The molecule has 2 fully saturated rings. The minimum atomic E-state index is 0.768. The Morgan fingerprint density at radius 1 is 1.18 bits per heavy atom. The molecule has 0 saturated carbocycles. The van der Waals surface area contributed by atoms with Crippen molar-refractivity contribution in [1.29, 1.82) is 0 Å². The predicted molar refractivity (Wildman–Crippen MR) is 73.3 cm³/mol. The molecule has 0 aromatic carbocycles. The maximum atomic E-state index is 3.51. The highest BCUT2D eigenvalue weighted by atomic mass is 15.3. The topological polar surface area (TPSA) is 18.5 Å². The van der Waals surface area contributed by atoms with E-state index in [1.54, 1.807) is 0 Å². The first-order valence-electron chi connectivity index (χ1n) is 7.37. The molecule has 3 atom stereocenters. The van der Waals surface area contributed by atoms with Gasteiger partial charge in [-0.3, -0.25) is 4.90 Å². The molecule has 0 aromatic heterocycles. The summed E-state index contributed by atoms with van der Waals surface area (Å²) in [6, 6.07) is 0.768. The Morgan fingerprint density at radius 3 is 2.41 bits per heavy atom. The van der Waals surface area contributed by atoms with Crippen molar-refractivity contribution in [2.24, 2.45) is 11.8 Å². The van der Waals surface area contributed by atoms with Crippen molar-refractivity contribution in [1.82, 2.24) is 15.1 Å². The fourth-order valence-corrected chi connectivity index (χ4v) is 3.09. The van der Waals surface area contributed by atoms with Crippen LogP contribution in [0.5, 0.6) is 0 Å². The monoisotopic (exact) mass is 239 g/mol. The van der Waals surface area contributed by atoms with Gasteiger partial charge in [-0.2, -0.15) is 0 Å². The second kappa shape index (κ2) is 6.17. The Bertz CT molecular complexity index is 224. The standard InChI is InChI=1S/C14H29N3/c1-4-13(3)17-7-5-16(6-8-17)11-14-10-15-9-12(14)2/h12-15H,4-11H2,1-3H3. The molecular formula is C14H29N3. The zero-order chi connectivity index (χ0) is 12.3. The van der Waals surface area contributed by atoms with Crippen LogP contribution < -0.4 is 5.32 Å². The van der Waals surface area contributed by atoms with Gasteiger partial charge < -0.3 is 10.2 Å². The van der Waals surface area contributed by atoms with Crippen molar-refractivity contribution in [3.63, 3.8) is 0 Å². The molecule has 0 aromatic rings. The highest BCUT2D eigenvalue weighted by molar-refractivity contribution is 4.83. The molecule has 2 saturated heterocycles. The Labute approximate surface area is 107 Å². The van der Waals surface area contributed by atoms with Gasteiger partial charge >= 0.3 is 0 Å². The number of hydrogen-bond donors (Lipinski definition) is 1. The summed E-state index contributed by atoms with van der Waals surface area (Å²) in [6.45, 7) is 15.9. The van der Waals surface area contributed by atoms with E-state index in [1.807, 2.05) is 0 Å². The van der Waals surface area contributed by atoms with E-state index >= 15 is 0 Å². The van der Waals surface area contributed by atoms with Crippen molar-refractivity contribution in [3.8, 4) is 0 Å². The van der Waals surface area contributed by atoms with Crippen molar-refractivity contribution in [2.45, 2.75) is 33.2 Å². The van der Waals surface area contributed by atoms with Gasteiger partial charge in [-0.25, -0.2) is 0 Å². The summed E-state index contributed by atoms with van der Waals surface area (Å²) in [5, 5.41) is 3.51. The number of nitrogens with one attached hydrogen (secondary N) is 1. The zero-order valence-corrected chi connectivity index (χ0v) is 11.8. The van der Waals surface area contributed by atoms with Crippen LogP contribution in [0.25, 0.3) is 0 Å². The highest BCUT2D eigenvalue weighted by Gasteiger charge is 2.27. The maximum absolute atomic E-state index is 3.51. The molecule has 1 N–H and O–H groups in total. The third-order valence-electron chi connectivity index (χ3n) is 4.79. The minimum absolute atomic E-state index is 0.768. The summed E-state index contributed by atoms with van der Waals surface area (Å²) in [5.41, 5.74) is 0. The lowest BCUT2D eigenvalue weighted by Crippen LogP contribution is -2.50. The summed E-state index contributed by atoms with van der Waals surface area (Å²) in [4.78, 5) is 5.32. The second-order valence-corrected chi connectivity index (χ2v) is 5.99. The Balaban J connectivity index is 1.72. The summed E-state index contributed by atoms with van der Waals surface area (Å²) >= 11 is 0. The van der Waals surface area contributed by atoms with E-state index in [9.17, 15) is 0 Å². The summed E-state index contributed by atoms with van der Waals surface area (Å²) in [6.07, 6.45) is 1.28. The van der Waals surface area contributed by atoms with Gasteiger partial charge in [0.25, 0.3) is 0 Å². The van der Waals surface area contributed by atoms with Gasteiger partial charge in [0.2, 0.25) is 0 Å². The number of nitrogens with zero attached hydrogens (tertiary/aromatic N) is 2. The van der Waals surface area contributed by atoms with E-state index in [-0.39, 0.29) is 0 Å². The van der Waals surface area contributed by atoms with Crippen molar-refractivity contribution in [3.05, 3.63) is 0 Å². The number of piperazine rings is 1.